The fourth-order valence-corrected chi connectivity index (χ4v) is 2.60. The third kappa shape index (κ3) is 1.64. The van der Waals surface area contributed by atoms with E-state index >= 15 is 0 Å². The average Bonchev–Trinajstić information content (AvgIpc) is 2.76. The monoisotopic (exact) mass is 242 g/mol. The molecule has 0 spiro atoms. The zero-order valence-corrected chi connectivity index (χ0v) is 10.0. The fourth-order valence-electron chi connectivity index (χ4n) is 1.77. The summed E-state index contributed by atoms with van der Waals surface area (Å²) in [4.78, 5) is 13.0. The maximum absolute atomic E-state index is 5.97. The highest BCUT2D eigenvalue weighted by atomic mass is 32.1. The van der Waals surface area contributed by atoms with Crippen LogP contribution in [0, 0.1) is 6.92 Å². The van der Waals surface area contributed by atoms with Gasteiger partial charge in [-0.2, -0.15) is 0 Å². The largest absolute Gasteiger partial charge is 0.398 e. The van der Waals surface area contributed by atoms with Gasteiger partial charge in [0.25, 0.3) is 0 Å². The van der Waals surface area contributed by atoms with Gasteiger partial charge in [0, 0.05) is 23.6 Å². The van der Waals surface area contributed by atoms with Gasteiger partial charge in [0.1, 0.15) is 5.82 Å². The van der Waals surface area contributed by atoms with Gasteiger partial charge in [-0.3, -0.25) is 4.98 Å². The van der Waals surface area contributed by atoms with Crippen molar-refractivity contribution in [3.8, 4) is 11.3 Å². The van der Waals surface area contributed by atoms with Crippen LogP contribution in [-0.2, 0) is 0 Å². The fraction of sp³-hybridized carbons (Fsp3) is 0.0833. The molecule has 0 atom stereocenters. The molecular formula is C12H10N4S. The summed E-state index contributed by atoms with van der Waals surface area (Å²) in [6, 6.07) is 3.77. The highest BCUT2D eigenvalue weighted by Crippen LogP contribution is 2.32. The Morgan fingerprint density at radius 2 is 2.12 bits per heavy atom. The van der Waals surface area contributed by atoms with Gasteiger partial charge in [0.15, 0.2) is 0 Å². The number of rotatable bonds is 1. The highest BCUT2D eigenvalue weighted by molar-refractivity contribution is 7.17. The minimum Gasteiger partial charge on any atom is -0.398 e. The number of nitrogens with two attached hydrogens (primary N) is 1. The molecule has 0 unspecified atom stereocenters. The maximum Gasteiger partial charge on any atom is 0.126 e. The number of pyridine rings is 1. The Bertz CT molecular complexity index is 690. The van der Waals surface area contributed by atoms with Crippen molar-refractivity contribution in [1.82, 2.24) is 15.0 Å². The van der Waals surface area contributed by atoms with E-state index in [1.807, 2.05) is 18.4 Å². The molecule has 3 aromatic heterocycles. The summed E-state index contributed by atoms with van der Waals surface area (Å²) in [7, 11) is 0. The minimum atomic E-state index is 0.688. The molecule has 17 heavy (non-hydrogen) atoms. The standard InChI is InChI=1S/C12H10N4S/c1-7-15-10-3-5-17-12(10)11(16-7)8-6-14-4-2-9(8)13/h2-6H,1H3,(H2,13,14). The molecule has 0 aliphatic heterocycles. The van der Waals surface area contributed by atoms with Crippen LogP contribution in [0.3, 0.4) is 0 Å². The van der Waals surface area contributed by atoms with Gasteiger partial charge in [-0.25, -0.2) is 9.97 Å². The summed E-state index contributed by atoms with van der Waals surface area (Å²) in [6.45, 7) is 1.88. The smallest absolute Gasteiger partial charge is 0.126 e. The Morgan fingerprint density at radius 1 is 1.24 bits per heavy atom. The number of anilines is 1. The van der Waals surface area contributed by atoms with Crippen LogP contribution in [-0.4, -0.2) is 15.0 Å². The Morgan fingerprint density at radius 3 is 2.94 bits per heavy atom. The number of nitrogen functional groups attached to an aromatic ring is 1. The first-order valence-electron chi connectivity index (χ1n) is 5.17. The molecule has 0 aliphatic rings. The van der Waals surface area contributed by atoms with Crippen molar-refractivity contribution < 1.29 is 0 Å². The van der Waals surface area contributed by atoms with E-state index in [9.17, 15) is 0 Å². The van der Waals surface area contributed by atoms with Crippen molar-refractivity contribution >= 4 is 27.2 Å². The summed E-state index contributed by atoms with van der Waals surface area (Å²) in [5.41, 5.74) is 9.35. The Kier molecular flexibility index (Phi) is 2.26. The van der Waals surface area contributed by atoms with Gasteiger partial charge < -0.3 is 5.73 Å². The van der Waals surface area contributed by atoms with Crippen LogP contribution < -0.4 is 5.73 Å². The summed E-state index contributed by atoms with van der Waals surface area (Å²) in [5.74, 6) is 0.745. The number of aryl methyl sites for hydroxylation is 1. The minimum absolute atomic E-state index is 0.688. The molecule has 0 aromatic carbocycles. The molecule has 5 heteroatoms. The van der Waals surface area contributed by atoms with E-state index in [0.29, 0.717) is 5.69 Å². The molecule has 0 saturated heterocycles. The molecule has 3 heterocycles. The summed E-state index contributed by atoms with van der Waals surface area (Å²) >= 11 is 1.62. The number of hydrogen-bond acceptors (Lipinski definition) is 5. The maximum atomic E-state index is 5.97. The first kappa shape index (κ1) is 10.2. The second-order valence-corrected chi connectivity index (χ2v) is 4.63. The van der Waals surface area contributed by atoms with Crippen molar-refractivity contribution in [3.63, 3.8) is 0 Å². The Hall–Kier alpha value is -2.01. The van der Waals surface area contributed by atoms with Gasteiger partial charge >= 0.3 is 0 Å². The molecule has 0 radical (unpaired) electrons. The number of aromatic nitrogens is 3. The summed E-state index contributed by atoms with van der Waals surface area (Å²) in [6.07, 6.45) is 3.43. The number of hydrogen-bond donors (Lipinski definition) is 1. The van der Waals surface area contributed by atoms with E-state index in [1.54, 1.807) is 29.8 Å². The molecular weight excluding hydrogens is 232 g/mol. The second-order valence-electron chi connectivity index (χ2n) is 3.72. The number of thiophene rings is 1. The molecule has 4 nitrogen and oxygen atoms in total. The lowest BCUT2D eigenvalue weighted by Crippen LogP contribution is -1.96. The van der Waals surface area contributed by atoms with Crippen LogP contribution in [0.15, 0.2) is 29.9 Å². The van der Waals surface area contributed by atoms with Crippen LogP contribution >= 0.6 is 11.3 Å². The van der Waals surface area contributed by atoms with Gasteiger partial charge in [0.2, 0.25) is 0 Å². The SMILES string of the molecule is Cc1nc(-c2cnccc2N)c2sccc2n1. The molecule has 84 valence electrons. The molecule has 0 saturated carbocycles. The highest BCUT2D eigenvalue weighted by Gasteiger charge is 2.11. The molecule has 3 aromatic rings. The lowest BCUT2D eigenvalue weighted by Gasteiger charge is -2.05. The topological polar surface area (TPSA) is 64.7 Å². The number of fused-ring (bicyclic) bond motifs is 1. The zero-order valence-electron chi connectivity index (χ0n) is 9.21. The average molecular weight is 242 g/mol. The van der Waals surface area contributed by atoms with Gasteiger partial charge in [-0.1, -0.05) is 0 Å². The Balaban J connectivity index is 2.37. The van der Waals surface area contributed by atoms with Crippen LogP contribution in [0.4, 0.5) is 5.69 Å². The second kappa shape index (κ2) is 3.78. The molecule has 2 N–H and O–H groups in total. The normalized spacial score (nSPS) is 10.9. The van der Waals surface area contributed by atoms with Crippen LogP contribution in [0.25, 0.3) is 21.5 Å². The van der Waals surface area contributed by atoms with Crippen molar-refractivity contribution in [3.05, 3.63) is 35.7 Å². The lowest BCUT2D eigenvalue weighted by atomic mass is 10.1. The van der Waals surface area contributed by atoms with E-state index in [-0.39, 0.29) is 0 Å². The third-order valence-corrected chi connectivity index (χ3v) is 3.44. The number of nitrogens with zero attached hydrogens (tertiary/aromatic N) is 3. The van der Waals surface area contributed by atoms with E-state index in [0.717, 1.165) is 27.3 Å². The van der Waals surface area contributed by atoms with Crippen LogP contribution in [0.1, 0.15) is 5.82 Å². The van der Waals surface area contributed by atoms with E-state index in [4.69, 9.17) is 5.73 Å². The molecule has 0 fully saturated rings. The van der Waals surface area contributed by atoms with Crippen LogP contribution in [0.2, 0.25) is 0 Å². The Labute approximate surface area is 102 Å². The van der Waals surface area contributed by atoms with E-state index < -0.39 is 0 Å². The van der Waals surface area contributed by atoms with E-state index in [2.05, 4.69) is 15.0 Å². The van der Waals surface area contributed by atoms with Gasteiger partial charge in [-0.15, -0.1) is 11.3 Å². The summed E-state index contributed by atoms with van der Waals surface area (Å²) < 4.78 is 1.05. The zero-order chi connectivity index (χ0) is 11.8. The first-order valence-corrected chi connectivity index (χ1v) is 6.05. The van der Waals surface area contributed by atoms with Gasteiger partial charge in [-0.05, 0) is 24.4 Å². The van der Waals surface area contributed by atoms with Crippen molar-refractivity contribution in [2.45, 2.75) is 6.92 Å². The molecule has 0 bridgehead atoms. The van der Waals surface area contributed by atoms with E-state index in [1.165, 1.54) is 0 Å². The molecule has 3 rings (SSSR count). The first-order chi connectivity index (χ1) is 8.25. The predicted molar refractivity (Wildman–Crippen MR) is 69.8 cm³/mol. The van der Waals surface area contributed by atoms with Crippen molar-refractivity contribution in [2.75, 3.05) is 5.73 Å². The summed E-state index contributed by atoms with van der Waals surface area (Å²) in [5, 5.41) is 2.01. The van der Waals surface area contributed by atoms with Crippen molar-refractivity contribution in [1.29, 1.82) is 0 Å². The lowest BCUT2D eigenvalue weighted by molar-refractivity contribution is 1.10. The van der Waals surface area contributed by atoms with Crippen molar-refractivity contribution in [2.24, 2.45) is 0 Å². The molecule has 0 aliphatic carbocycles. The third-order valence-electron chi connectivity index (χ3n) is 2.53. The van der Waals surface area contributed by atoms with Crippen LogP contribution in [0.5, 0.6) is 0 Å². The quantitative estimate of drug-likeness (QED) is 0.712. The van der Waals surface area contributed by atoms with Gasteiger partial charge in [0.05, 0.1) is 15.9 Å². The molecule has 0 amide bonds. The predicted octanol–water partition coefficient (Wildman–Crippen LogP) is 2.64.